The summed E-state index contributed by atoms with van der Waals surface area (Å²) in [6.45, 7) is 6.37. The van der Waals surface area contributed by atoms with Gasteiger partial charge < -0.3 is 5.73 Å². The van der Waals surface area contributed by atoms with Gasteiger partial charge >= 0.3 is 0 Å². The Balaban J connectivity index is 0. The standard InChI is InChI=1S/C4H8O3S.C3H5NO/c1-2-3-4-8(5,6)7;1-2-3(4)5/h2H,1,3-4H2,(H,5,6,7);2H,1H2,(H2,4,5). The molecular formula is C7H13NO4S. The van der Waals surface area contributed by atoms with E-state index in [9.17, 15) is 13.2 Å². The predicted octanol–water partition coefficient (Wildman–Crippen LogP) is 0.108. The normalized spacial score (nSPS) is 9.31. The molecular weight excluding hydrogens is 194 g/mol. The molecule has 0 atom stereocenters. The summed E-state index contributed by atoms with van der Waals surface area (Å²) < 4.78 is 27.9. The van der Waals surface area contributed by atoms with Crippen LogP contribution in [0.3, 0.4) is 0 Å². The van der Waals surface area contributed by atoms with Gasteiger partial charge in [0.15, 0.2) is 0 Å². The SMILES string of the molecule is C=CC(N)=O.C=CCCS(=O)(=O)O. The summed E-state index contributed by atoms with van der Waals surface area (Å²) in [6, 6.07) is 0. The van der Waals surface area contributed by atoms with Gasteiger partial charge in [-0.2, -0.15) is 8.42 Å². The molecule has 0 aliphatic rings. The van der Waals surface area contributed by atoms with Gasteiger partial charge in [0.05, 0.1) is 5.75 Å². The van der Waals surface area contributed by atoms with E-state index >= 15 is 0 Å². The zero-order valence-electron chi connectivity index (χ0n) is 7.14. The number of hydrogen-bond donors (Lipinski definition) is 2. The quantitative estimate of drug-likeness (QED) is 0.388. The van der Waals surface area contributed by atoms with E-state index < -0.39 is 16.0 Å². The maximum atomic E-state index is 9.90. The highest BCUT2D eigenvalue weighted by molar-refractivity contribution is 7.85. The fourth-order valence-electron chi connectivity index (χ4n) is 0.232. The Bertz CT molecular complexity index is 268. The molecule has 0 heterocycles. The minimum atomic E-state index is -3.76. The molecule has 0 saturated carbocycles. The lowest BCUT2D eigenvalue weighted by atomic mass is 10.5. The summed E-state index contributed by atoms with van der Waals surface area (Å²) in [5.41, 5.74) is 4.53. The molecule has 5 nitrogen and oxygen atoms in total. The summed E-state index contributed by atoms with van der Waals surface area (Å²) in [7, 11) is -3.76. The van der Waals surface area contributed by atoms with Gasteiger partial charge in [0.2, 0.25) is 5.91 Å². The van der Waals surface area contributed by atoms with E-state index in [4.69, 9.17) is 4.55 Å². The largest absolute Gasteiger partial charge is 0.366 e. The van der Waals surface area contributed by atoms with Crippen LogP contribution in [-0.2, 0) is 14.9 Å². The van der Waals surface area contributed by atoms with Gasteiger partial charge in [0.1, 0.15) is 0 Å². The zero-order chi connectivity index (χ0) is 10.9. The maximum absolute atomic E-state index is 9.90. The predicted molar refractivity (Wildman–Crippen MR) is 50.6 cm³/mol. The van der Waals surface area contributed by atoms with Crippen molar-refractivity contribution >= 4 is 16.0 Å². The van der Waals surface area contributed by atoms with Gasteiger partial charge in [0.25, 0.3) is 10.1 Å². The fraction of sp³-hybridized carbons (Fsp3) is 0.286. The van der Waals surface area contributed by atoms with Crippen LogP contribution in [0.15, 0.2) is 25.3 Å². The van der Waals surface area contributed by atoms with E-state index in [1.807, 2.05) is 0 Å². The topological polar surface area (TPSA) is 97.5 Å². The molecule has 0 radical (unpaired) electrons. The molecule has 0 aliphatic carbocycles. The monoisotopic (exact) mass is 207 g/mol. The summed E-state index contributed by atoms with van der Waals surface area (Å²) in [6.07, 6.45) is 2.80. The van der Waals surface area contributed by atoms with Crippen LogP contribution in [0.25, 0.3) is 0 Å². The number of rotatable bonds is 4. The van der Waals surface area contributed by atoms with Crippen LogP contribution in [0.4, 0.5) is 0 Å². The van der Waals surface area contributed by atoms with Gasteiger partial charge in [-0.3, -0.25) is 9.35 Å². The van der Waals surface area contributed by atoms with Crippen LogP contribution in [0, 0.1) is 0 Å². The lowest BCUT2D eigenvalue weighted by molar-refractivity contribution is -0.113. The summed E-state index contributed by atoms with van der Waals surface area (Å²) in [5, 5.41) is 0. The van der Waals surface area contributed by atoms with E-state index in [1.165, 1.54) is 6.08 Å². The van der Waals surface area contributed by atoms with Crippen LogP contribution >= 0.6 is 0 Å². The zero-order valence-corrected chi connectivity index (χ0v) is 7.96. The lowest BCUT2D eigenvalue weighted by Gasteiger charge is -1.87. The van der Waals surface area contributed by atoms with Crippen molar-refractivity contribution in [3.8, 4) is 0 Å². The van der Waals surface area contributed by atoms with Crippen molar-refractivity contribution in [3.05, 3.63) is 25.3 Å². The first-order valence-electron chi connectivity index (χ1n) is 3.31. The number of carbonyl (C=O) groups excluding carboxylic acids is 1. The highest BCUT2D eigenvalue weighted by Crippen LogP contribution is 1.86. The second-order valence-electron chi connectivity index (χ2n) is 1.97. The van der Waals surface area contributed by atoms with Gasteiger partial charge in [-0.1, -0.05) is 12.7 Å². The Morgan fingerprint density at radius 2 is 1.85 bits per heavy atom. The van der Waals surface area contributed by atoms with Crippen molar-refractivity contribution in [1.82, 2.24) is 0 Å². The maximum Gasteiger partial charge on any atom is 0.265 e. The van der Waals surface area contributed by atoms with E-state index in [-0.39, 0.29) is 5.75 Å². The van der Waals surface area contributed by atoms with Gasteiger partial charge in [0, 0.05) is 0 Å². The van der Waals surface area contributed by atoms with Crippen LogP contribution in [0.1, 0.15) is 6.42 Å². The number of nitrogens with two attached hydrogens (primary N) is 1. The molecule has 13 heavy (non-hydrogen) atoms. The Morgan fingerprint density at radius 1 is 1.46 bits per heavy atom. The molecule has 0 aliphatic heterocycles. The molecule has 0 rings (SSSR count). The summed E-state index contributed by atoms with van der Waals surface area (Å²) in [4.78, 5) is 9.47. The number of allylic oxidation sites excluding steroid dienone is 1. The Hall–Kier alpha value is -1.14. The fourth-order valence-corrected chi connectivity index (χ4v) is 0.697. The van der Waals surface area contributed by atoms with Crippen molar-refractivity contribution in [2.45, 2.75) is 6.42 Å². The summed E-state index contributed by atoms with van der Waals surface area (Å²) >= 11 is 0. The van der Waals surface area contributed by atoms with E-state index in [0.29, 0.717) is 6.42 Å². The molecule has 0 aromatic heterocycles. The van der Waals surface area contributed by atoms with Crippen LogP contribution in [-0.4, -0.2) is 24.6 Å². The Labute approximate surface area is 77.7 Å². The smallest absolute Gasteiger partial charge is 0.265 e. The molecule has 0 bridgehead atoms. The minimum Gasteiger partial charge on any atom is -0.366 e. The molecule has 3 N–H and O–H groups in total. The molecule has 0 unspecified atom stereocenters. The molecule has 0 saturated heterocycles. The molecule has 0 spiro atoms. The third-order valence-electron chi connectivity index (χ3n) is 0.781. The third kappa shape index (κ3) is 24.8. The highest BCUT2D eigenvalue weighted by atomic mass is 32.2. The summed E-state index contributed by atoms with van der Waals surface area (Å²) in [5.74, 6) is -0.707. The van der Waals surface area contributed by atoms with E-state index in [0.717, 1.165) is 6.08 Å². The van der Waals surface area contributed by atoms with Crippen molar-refractivity contribution < 1.29 is 17.8 Å². The van der Waals surface area contributed by atoms with Crippen LogP contribution in [0.5, 0.6) is 0 Å². The molecule has 0 fully saturated rings. The molecule has 0 aromatic rings. The number of hydrogen-bond acceptors (Lipinski definition) is 3. The molecule has 0 aromatic carbocycles. The van der Waals surface area contributed by atoms with E-state index in [2.05, 4.69) is 18.9 Å². The van der Waals surface area contributed by atoms with Gasteiger partial charge in [-0.15, -0.1) is 6.58 Å². The highest BCUT2D eigenvalue weighted by Gasteiger charge is 1.99. The average Bonchev–Trinajstić information content (AvgIpc) is 2.00. The Kier molecular flexibility index (Phi) is 8.31. The van der Waals surface area contributed by atoms with Crippen molar-refractivity contribution in [2.75, 3.05) is 5.75 Å². The van der Waals surface area contributed by atoms with Crippen LogP contribution in [0.2, 0.25) is 0 Å². The first-order valence-corrected chi connectivity index (χ1v) is 4.92. The molecule has 6 heteroatoms. The number of primary amides is 1. The van der Waals surface area contributed by atoms with Gasteiger partial charge in [-0.05, 0) is 12.5 Å². The van der Waals surface area contributed by atoms with E-state index in [1.54, 1.807) is 0 Å². The first kappa shape index (κ1) is 14.4. The second-order valence-corrected chi connectivity index (χ2v) is 3.54. The van der Waals surface area contributed by atoms with Crippen molar-refractivity contribution in [1.29, 1.82) is 0 Å². The number of amides is 1. The van der Waals surface area contributed by atoms with Crippen LogP contribution < -0.4 is 5.73 Å². The Morgan fingerprint density at radius 3 is 1.92 bits per heavy atom. The van der Waals surface area contributed by atoms with Crippen molar-refractivity contribution in [3.63, 3.8) is 0 Å². The molecule has 76 valence electrons. The first-order chi connectivity index (χ1) is 5.83. The molecule has 1 amide bonds. The third-order valence-corrected chi connectivity index (χ3v) is 1.53. The minimum absolute atomic E-state index is 0.226. The number of carbonyl (C=O) groups is 1. The second kappa shape index (κ2) is 7.51. The average molecular weight is 207 g/mol. The lowest BCUT2D eigenvalue weighted by Crippen LogP contribution is -2.04. The van der Waals surface area contributed by atoms with Gasteiger partial charge in [-0.25, -0.2) is 0 Å². The van der Waals surface area contributed by atoms with Crippen molar-refractivity contribution in [2.24, 2.45) is 5.73 Å².